The van der Waals surface area contributed by atoms with Crippen LogP contribution in [0.5, 0.6) is 5.75 Å². The Hall–Kier alpha value is -2.65. The minimum Gasteiger partial charge on any atom is -0.491 e. The molecule has 2 aliphatic rings. The Kier molecular flexibility index (Phi) is 8.39. The summed E-state index contributed by atoms with van der Waals surface area (Å²) < 4.78 is 33.9. The number of hydrogen-bond acceptors (Lipinski definition) is 8. The van der Waals surface area contributed by atoms with Gasteiger partial charge in [-0.15, -0.1) is 0 Å². The van der Waals surface area contributed by atoms with Gasteiger partial charge in [0.05, 0.1) is 38.1 Å². The number of benzene rings is 2. The van der Waals surface area contributed by atoms with E-state index in [0.29, 0.717) is 44.3 Å². The number of ether oxygens (including phenoxy) is 6. The van der Waals surface area contributed by atoms with Crippen molar-refractivity contribution < 1.29 is 33.2 Å². The van der Waals surface area contributed by atoms with Gasteiger partial charge in [-0.2, -0.15) is 0 Å². The number of anilines is 2. The molecular weight excluding hydrogens is 438 g/mol. The summed E-state index contributed by atoms with van der Waals surface area (Å²) in [7, 11) is 0. The molecule has 2 aromatic carbocycles. The van der Waals surface area contributed by atoms with E-state index in [9.17, 15) is 4.79 Å². The lowest BCUT2D eigenvalue weighted by molar-refractivity contribution is -0.149. The average molecular weight is 472 g/mol. The van der Waals surface area contributed by atoms with E-state index in [1.807, 2.05) is 37.3 Å². The topological polar surface area (TPSA) is 84.5 Å². The van der Waals surface area contributed by atoms with E-state index in [2.05, 4.69) is 5.32 Å². The molecule has 0 bridgehead atoms. The summed E-state index contributed by atoms with van der Waals surface area (Å²) in [4.78, 5) is 12.3. The third-order valence-electron chi connectivity index (χ3n) is 5.87. The second-order valence-corrected chi connectivity index (χ2v) is 8.30. The van der Waals surface area contributed by atoms with Gasteiger partial charge in [-0.3, -0.25) is 0 Å². The first-order chi connectivity index (χ1) is 16.6. The summed E-state index contributed by atoms with van der Waals surface area (Å²) in [5.74, 6) is -0.499. The van der Waals surface area contributed by atoms with Crippen molar-refractivity contribution >= 4 is 17.3 Å². The highest BCUT2D eigenvalue weighted by Gasteiger charge is 2.35. The van der Waals surface area contributed by atoms with Crippen LogP contribution in [0.1, 0.15) is 42.6 Å². The molecule has 0 spiro atoms. The predicted octanol–water partition coefficient (Wildman–Crippen LogP) is 4.40. The second kappa shape index (κ2) is 11.7. The van der Waals surface area contributed by atoms with Crippen LogP contribution in [0, 0.1) is 0 Å². The zero-order valence-electron chi connectivity index (χ0n) is 19.8. The Morgan fingerprint density at radius 2 is 1.76 bits per heavy atom. The van der Waals surface area contributed by atoms with Crippen LogP contribution in [0.2, 0.25) is 0 Å². The zero-order valence-corrected chi connectivity index (χ0v) is 19.8. The Balaban J connectivity index is 1.40. The molecule has 8 nitrogen and oxygen atoms in total. The molecule has 2 saturated heterocycles. The molecule has 0 radical (unpaired) electrons. The van der Waals surface area contributed by atoms with Crippen LogP contribution < -0.4 is 10.1 Å². The Morgan fingerprint density at radius 1 is 1.03 bits per heavy atom. The number of hydrogen-bond donors (Lipinski definition) is 1. The first kappa shape index (κ1) is 24.5. The molecule has 2 fully saturated rings. The van der Waals surface area contributed by atoms with Crippen molar-refractivity contribution in [2.45, 2.75) is 38.6 Å². The maximum atomic E-state index is 12.3. The van der Waals surface area contributed by atoms with Gasteiger partial charge in [-0.25, -0.2) is 4.79 Å². The van der Waals surface area contributed by atoms with Crippen LogP contribution in [0.15, 0.2) is 42.5 Å². The lowest BCUT2D eigenvalue weighted by Gasteiger charge is -2.26. The SMILES string of the molecule is CCOC(=O)c1ccc(C2(C)OCCO2)c(Nc2ccc(OCCOC3CCOCC3)cc2)c1. The standard InChI is InChI=1S/C26H33NO7/c1-3-30-25(28)19-4-9-23(26(2)33-16-17-34-26)24(18-19)27-20-5-7-21(8-6-20)31-14-15-32-22-10-12-29-13-11-22/h4-9,18,22,27H,3,10-17H2,1-2H3. The molecule has 0 aromatic heterocycles. The van der Waals surface area contributed by atoms with Crippen molar-refractivity contribution in [2.24, 2.45) is 0 Å². The van der Waals surface area contributed by atoms with Crippen LogP contribution in [0.4, 0.5) is 11.4 Å². The minimum absolute atomic E-state index is 0.262. The van der Waals surface area contributed by atoms with Gasteiger partial charge in [0.2, 0.25) is 0 Å². The number of esters is 1. The summed E-state index contributed by atoms with van der Waals surface area (Å²) in [6.07, 6.45) is 2.14. The predicted molar refractivity (Wildman–Crippen MR) is 127 cm³/mol. The van der Waals surface area contributed by atoms with Crippen molar-refractivity contribution in [3.05, 3.63) is 53.6 Å². The Bertz CT molecular complexity index is 935. The highest BCUT2D eigenvalue weighted by Crippen LogP contribution is 2.37. The summed E-state index contributed by atoms with van der Waals surface area (Å²) in [5.41, 5.74) is 2.82. The highest BCUT2D eigenvalue weighted by molar-refractivity contribution is 5.91. The van der Waals surface area contributed by atoms with E-state index >= 15 is 0 Å². The fourth-order valence-electron chi connectivity index (χ4n) is 4.06. The second-order valence-electron chi connectivity index (χ2n) is 8.30. The quantitative estimate of drug-likeness (QED) is 0.403. The molecule has 34 heavy (non-hydrogen) atoms. The van der Waals surface area contributed by atoms with Gasteiger partial charge < -0.3 is 33.7 Å². The first-order valence-corrected chi connectivity index (χ1v) is 11.9. The monoisotopic (exact) mass is 471 g/mol. The van der Waals surface area contributed by atoms with Gasteiger partial charge in [0, 0.05) is 30.2 Å². The number of rotatable bonds is 10. The third-order valence-corrected chi connectivity index (χ3v) is 5.87. The summed E-state index contributed by atoms with van der Waals surface area (Å²) in [6, 6.07) is 13.0. The van der Waals surface area contributed by atoms with Crippen molar-refractivity contribution in [3.8, 4) is 5.75 Å². The van der Waals surface area contributed by atoms with E-state index in [1.54, 1.807) is 19.1 Å². The van der Waals surface area contributed by atoms with Crippen LogP contribution in [-0.4, -0.2) is 58.3 Å². The fourth-order valence-corrected chi connectivity index (χ4v) is 4.06. The van der Waals surface area contributed by atoms with Crippen LogP contribution >= 0.6 is 0 Å². The van der Waals surface area contributed by atoms with Crippen molar-refractivity contribution in [3.63, 3.8) is 0 Å². The number of carbonyl (C=O) groups excluding carboxylic acids is 1. The Morgan fingerprint density at radius 3 is 2.47 bits per heavy atom. The van der Waals surface area contributed by atoms with Gasteiger partial charge in [0.25, 0.3) is 0 Å². The maximum Gasteiger partial charge on any atom is 0.338 e. The Labute approximate surface area is 200 Å². The molecular formula is C26H33NO7. The lowest BCUT2D eigenvalue weighted by Crippen LogP contribution is -2.25. The molecule has 8 heteroatoms. The summed E-state index contributed by atoms with van der Waals surface area (Å²) >= 11 is 0. The molecule has 184 valence electrons. The van der Waals surface area contributed by atoms with E-state index in [4.69, 9.17) is 28.4 Å². The maximum absolute atomic E-state index is 12.3. The van der Waals surface area contributed by atoms with Gasteiger partial charge in [0.1, 0.15) is 12.4 Å². The summed E-state index contributed by atoms with van der Waals surface area (Å²) in [6.45, 7) is 7.57. The van der Waals surface area contributed by atoms with Crippen molar-refractivity contribution in [1.82, 2.24) is 0 Å². The fraction of sp³-hybridized carbons (Fsp3) is 0.500. The minimum atomic E-state index is -0.886. The highest BCUT2D eigenvalue weighted by atomic mass is 16.7. The molecule has 0 saturated carbocycles. The van der Waals surface area contributed by atoms with Gasteiger partial charge in [-0.05, 0) is 63.1 Å². The number of carbonyl (C=O) groups is 1. The van der Waals surface area contributed by atoms with Gasteiger partial charge in [0.15, 0.2) is 5.79 Å². The van der Waals surface area contributed by atoms with Crippen molar-refractivity contribution in [2.75, 3.05) is 51.6 Å². The smallest absolute Gasteiger partial charge is 0.338 e. The zero-order chi connectivity index (χ0) is 23.8. The third kappa shape index (κ3) is 6.27. The molecule has 4 rings (SSSR count). The molecule has 0 unspecified atom stereocenters. The molecule has 2 aromatic rings. The van der Waals surface area contributed by atoms with Gasteiger partial charge in [-0.1, -0.05) is 6.07 Å². The van der Waals surface area contributed by atoms with E-state index in [-0.39, 0.29) is 12.1 Å². The van der Waals surface area contributed by atoms with E-state index < -0.39 is 5.79 Å². The molecule has 2 heterocycles. The molecule has 0 atom stereocenters. The van der Waals surface area contributed by atoms with E-state index in [1.165, 1.54) is 0 Å². The first-order valence-electron chi connectivity index (χ1n) is 11.9. The van der Waals surface area contributed by atoms with E-state index in [0.717, 1.165) is 43.1 Å². The van der Waals surface area contributed by atoms with Crippen LogP contribution in [0.3, 0.4) is 0 Å². The lowest BCUT2D eigenvalue weighted by atomic mass is 10.0. The van der Waals surface area contributed by atoms with Crippen LogP contribution in [0.25, 0.3) is 0 Å². The molecule has 2 aliphatic heterocycles. The van der Waals surface area contributed by atoms with Crippen molar-refractivity contribution in [1.29, 1.82) is 0 Å². The van der Waals surface area contributed by atoms with Gasteiger partial charge >= 0.3 is 5.97 Å². The summed E-state index contributed by atoms with van der Waals surface area (Å²) in [5, 5.41) is 3.39. The molecule has 0 aliphatic carbocycles. The molecule has 0 amide bonds. The molecule has 1 N–H and O–H groups in total. The van der Waals surface area contributed by atoms with Crippen LogP contribution in [-0.2, 0) is 29.5 Å². The normalized spacial score (nSPS) is 17.9. The largest absolute Gasteiger partial charge is 0.491 e. The number of nitrogens with one attached hydrogen (secondary N) is 1. The average Bonchev–Trinajstić information content (AvgIpc) is 3.31.